The van der Waals surface area contributed by atoms with Gasteiger partial charge < -0.3 is 4.74 Å². The molecule has 0 amide bonds. The number of aromatic nitrogens is 2. The maximum Gasteiger partial charge on any atom is 0.0765 e. The third-order valence-electron chi connectivity index (χ3n) is 2.44. The molecule has 1 radical (unpaired) electrons. The van der Waals surface area contributed by atoms with Gasteiger partial charge in [0.1, 0.15) is 0 Å². The Morgan fingerprint density at radius 2 is 2.29 bits per heavy atom. The summed E-state index contributed by atoms with van der Waals surface area (Å²) in [4.78, 5) is 2.35. The molecule has 0 bridgehead atoms. The molecule has 1 aliphatic heterocycles. The van der Waals surface area contributed by atoms with Crippen molar-refractivity contribution in [3.05, 3.63) is 24.4 Å². The van der Waals surface area contributed by atoms with Crippen molar-refractivity contribution in [2.75, 3.05) is 26.3 Å². The molecule has 77 valence electrons. The molecule has 0 saturated carbocycles. The minimum atomic E-state index is 0.774. The lowest BCUT2D eigenvalue weighted by Gasteiger charge is -2.25. The molecule has 1 aliphatic rings. The predicted octanol–water partition coefficient (Wildman–Crippen LogP) is 0.618. The highest BCUT2D eigenvalue weighted by Crippen LogP contribution is 2.06. The van der Waals surface area contributed by atoms with Gasteiger partial charge in [-0.2, -0.15) is 5.10 Å². The van der Waals surface area contributed by atoms with Gasteiger partial charge in [0.05, 0.1) is 18.9 Å². The first-order valence-corrected chi connectivity index (χ1v) is 5.01. The molecule has 1 fully saturated rings. The van der Waals surface area contributed by atoms with Crippen molar-refractivity contribution in [2.24, 2.45) is 0 Å². The SMILES string of the molecule is [CH2]Cc1cc(CN2CCOCC2)n[nH]1. The Kier molecular flexibility index (Phi) is 3.16. The van der Waals surface area contributed by atoms with E-state index >= 15 is 0 Å². The molecule has 4 heteroatoms. The molecule has 0 spiro atoms. The highest BCUT2D eigenvalue weighted by Gasteiger charge is 2.11. The standard InChI is InChI=1S/C10H16N3O/c1-2-9-7-10(12-11-9)8-13-3-5-14-6-4-13/h7H,1-6,8H2,(H,11,12). The fraction of sp³-hybridized carbons (Fsp3) is 0.600. The van der Waals surface area contributed by atoms with E-state index in [1.165, 1.54) is 0 Å². The summed E-state index contributed by atoms with van der Waals surface area (Å²) in [5, 5.41) is 7.21. The number of ether oxygens (including phenoxy) is 1. The van der Waals surface area contributed by atoms with Crippen LogP contribution in [0.2, 0.25) is 0 Å². The zero-order chi connectivity index (χ0) is 9.80. The van der Waals surface area contributed by atoms with Gasteiger partial charge >= 0.3 is 0 Å². The largest absolute Gasteiger partial charge is 0.379 e. The molecule has 0 aliphatic carbocycles. The molecule has 2 heterocycles. The number of hydrogen-bond acceptors (Lipinski definition) is 3. The number of hydrogen-bond donors (Lipinski definition) is 1. The van der Waals surface area contributed by atoms with Crippen molar-refractivity contribution in [1.82, 2.24) is 15.1 Å². The maximum absolute atomic E-state index is 5.28. The number of H-pyrrole nitrogens is 1. The summed E-state index contributed by atoms with van der Waals surface area (Å²) in [6.07, 6.45) is 0.774. The second-order valence-corrected chi connectivity index (χ2v) is 3.52. The molecule has 0 atom stereocenters. The Morgan fingerprint density at radius 3 is 2.93 bits per heavy atom. The lowest BCUT2D eigenvalue weighted by molar-refractivity contribution is 0.0336. The Bertz CT molecular complexity index is 279. The van der Waals surface area contributed by atoms with Crippen molar-refractivity contribution in [3.8, 4) is 0 Å². The molecule has 1 aromatic rings. The van der Waals surface area contributed by atoms with E-state index in [0.717, 1.165) is 50.7 Å². The van der Waals surface area contributed by atoms with Crippen molar-refractivity contribution in [1.29, 1.82) is 0 Å². The van der Waals surface area contributed by atoms with E-state index in [1.807, 2.05) is 0 Å². The Morgan fingerprint density at radius 1 is 1.50 bits per heavy atom. The van der Waals surface area contributed by atoms with Gasteiger partial charge in [0.15, 0.2) is 0 Å². The van der Waals surface area contributed by atoms with Crippen LogP contribution in [0.15, 0.2) is 6.07 Å². The van der Waals surface area contributed by atoms with Gasteiger partial charge in [-0.15, -0.1) is 0 Å². The van der Waals surface area contributed by atoms with Crippen LogP contribution in [0.5, 0.6) is 0 Å². The summed E-state index contributed by atoms with van der Waals surface area (Å²) in [6.45, 7) is 8.42. The highest BCUT2D eigenvalue weighted by molar-refractivity contribution is 5.09. The third kappa shape index (κ3) is 2.33. The summed E-state index contributed by atoms with van der Waals surface area (Å²) >= 11 is 0. The molecule has 2 rings (SSSR count). The first-order valence-electron chi connectivity index (χ1n) is 5.01. The molecular formula is C10H16N3O. The molecule has 1 aromatic heterocycles. The predicted molar refractivity (Wildman–Crippen MR) is 53.7 cm³/mol. The Labute approximate surface area is 84.3 Å². The van der Waals surface area contributed by atoms with E-state index in [1.54, 1.807) is 0 Å². The number of rotatable bonds is 3. The Hall–Kier alpha value is -0.870. The number of morpholine rings is 1. The van der Waals surface area contributed by atoms with Gasteiger partial charge in [0, 0.05) is 25.3 Å². The summed E-state index contributed by atoms with van der Waals surface area (Å²) in [6, 6.07) is 2.09. The van der Waals surface area contributed by atoms with E-state index < -0.39 is 0 Å². The third-order valence-corrected chi connectivity index (χ3v) is 2.44. The van der Waals surface area contributed by atoms with Crippen LogP contribution in [-0.4, -0.2) is 41.4 Å². The van der Waals surface area contributed by atoms with Gasteiger partial charge in [-0.05, 0) is 19.4 Å². The van der Waals surface area contributed by atoms with Crippen LogP contribution >= 0.6 is 0 Å². The van der Waals surface area contributed by atoms with Crippen LogP contribution in [0.1, 0.15) is 11.4 Å². The molecular weight excluding hydrogens is 178 g/mol. The molecule has 14 heavy (non-hydrogen) atoms. The molecule has 4 nitrogen and oxygen atoms in total. The molecule has 0 aromatic carbocycles. The van der Waals surface area contributed by atoms with E-state index in [4.69, 9.17) is 4.74 Å². The zero-order valence-electron chi connectivity index (χ0n) is 8.33. The lowest BCUT2D eigenvalue weighted by atomic mass is 10.3. The summed E-state index contributed by atoms with van der Waals surface area (Å²) in [7, 11) is 0. The Balaban J connectivity index is 1.89. The van der Waals surface area contributed by atoms with Crippen LogP contribution in [0.4, 0.5) is 0 Å². The van der Waals surface area contributed by atoms with Crippen molar-refractivity contribution < 1.29 is 4.74 Å². The lowest BCUT2D eigenvalue weighted by Crippen LogP contribution is -2.35. The monoisotopic (exact) mass is 194 g/mol. The van der Waals surface area contributed by atoms with Gasteiger partial charge in [0.25, 0.3) is 0 Å². The van der Waals surface area contributed by atoms with Crippen molar-refractivity contribution >= 4 is 0 Å². The van der Waals surface area contributed by atoms with E-state index in [9.17, 15) is 0 Å². The fourth-order valence-corrected chi connectivity index (χ4v) is 1.61. The molecule has 1 N–H and O–H groups in total. The first-order chi connectivity index (χ1) is 6.88. The van der Waals surface area contributed by atoms with Crippen LogP contribution in [0.25, 0.3) is 0 Å². The second-order valence-electron chi connectivity index (χ2n) is 3.52. The zero-order valence-corrected chi connectivity index (χ0v) is 8.33. The summed E-state index contributed by atoms with van der Waals surface area (Å²) in [5.41, 5.74) is 2.21. The van der Waals surface area contributed by atoms with Crippen LogP contribution in [0, 0.1) is 6.92 Å². The molecule has 1 saturated heterocycles. The minimum Gasteiger partial charge on any atom is -0.379 e. The van der Waals surface area contributed by atoms with Crippen LogP contribution in [-0.2, 0) is 17.7 Å². The van der Waals surface area contributed by atoms with Gasteiger partial charge in [0.2, 0.25) is 0 Å². The number of nitrogens with zero attached hydrogens (tertiary/aromatic N) is 2. The fourth-order valence-electron chi connectivity index (χ4n) is 1.61. The van der Waals surface area contributed by atoms with Gasteiger partial charge in [-0.25, -0.2) is 0 Å². The maximum atomic E-state index is 5.28. The van der Waals surface area contributed by atoms with E-state index in [0.29, 0.717) is 0 Å². The van der Waals surface area contributed by atoms with Crippen molar-refractivity contribution in [2.45, 2.75) is 13.0 Å². The first kappa shape index (κ1) is 9.68. The van der Waals surface area contributed by atoms with E-state index in [2.05, 4.69) is 28.1 Å². The topological polar surface area (TPSA) is 41.1 Å². The van der Waals surface area contributed by atoms with Crippen LogP contribution in [0.3, 0.4) is 0 Å². The van der Waals surface area contributed by atoms with E-state index in [-0.39, 0.29) is 0 Å². The minimum absolute atomic E-state index is 0.774. The number of aromatic amines is 1. The number of nitrogens with one attached hydrogen (secondary N) is 1. The highest BCUT2D eigenvalue weighted by atomic mass is 16.5. The molecule has 0 unspecified atom stereocenters. The average Bonchev–Trinajstić information content (AvgIpc) is 2.67. The quantitative estimate of drug-likeness (QED) is 0.767. The normalized spacial score (nSPS) is 18.6. The summed E-state index contributed by atoms with van der Waals surface area (Å²) in [5.74, 6) is 0. The smallest absolute Gasteiger partial charge is 0.0765 e. The van der Waals surface area contributed by atoms with Gasteiger partial charge in [-0.3, -0.25) is 10.00 Å². The van der Waals surface area contributed by atoms with Crippen LogP contribution < -0.4 is 0 Å². The van der Waals surface area contributed by atoms with Crippen molar-refractivity contribution in [3.63, 3.8) is 0 Å². The average molecular weight is 194 g/mol. The second kappa shape index (κ2) is 4.57. The summed E-state index contributed by atoms with van der Waals surface area (Å²) < 4.78 is 5.28. The van der Waals surface area contributed by atoms with Gasteiger partial charge in [-0.1, -0.05) is 0 Å².